The van der Waals surface area contributed by atoms with Gasteiger partial charge in [0.05, 0.1) is 6.10 Å². The fourth-order valence-corrected chi connectivity index (χ4v) is 1.95. The molecule has 1 aliphatic heterocycles. The van der Waals surface area contributed by atoms with E-state index in [1.54, 1.807) is 0 Å². The summed E-state index contributed by atoms with van der Waals surface area (Å²) in [5, 5.41) is 2.85. The Balaban J connectivity index is 2.12. The van der Waals surface area contributed by atoms with Gasteiger partial charge in [-0.25, -0.2) is 0 Å². The van der Waals surface area contributed by atoms with Gasteiger partial charge in [0.2, 0.25) is 5.91 Å². The van der Waals surface area contributed by atoms with E-state index < -0.39 is 0 Å². The minimum atomic E-state index is 0.139. The molecule has 0 bridgehead atoms. The Morgan fingerprint density at radius 3 is 2.88 bits per heavy atom. The maximum atomic E-state index is 11.1. The van der Waals surface area contributed by atoms with Crippen LogP contribution in [0.2, 0.25) is 0 Å². The summed E-state index contributed by atoms with van der Waals surface area (Å²) < 4.78 is 5.64. The molecule has 1 aliphatic rings. The van der Waals surface area contributed by atoms with E-state index in [1.807, 2.05) is 32.0 Å². The lowest BCUT2D eigenvalue weighted by atomic mass is 9.98. The smallest absolute Gasteiger partial charge is 0.220 e. The molecule has 1 atom stereocenters. The SMILES string of the molecule is CC(C)Oc1cccc(C2CNC(=O)C2)c1. The van der Waals surface area contributed by atoms with Crippen LogP contribution in [-0.4, -0.2) is 18.6 Å². The maximum Gasteiger partial charge on any atom is 0.220 e. The van der Waals surface area contributed by atoms with Gasteiger partial charge in [-0.1, -0.05) is 12.1 Å². The van der Waals surface area contributed by atoms with Gasteiger partial charge >= 0.3 is 0 Å². The predicted octanol–water partition coefficient (Wildman–Crippen LogP) is 2.08. The van der Waals surface area contributed by atoms with E-state index in [-0.39, 0.29) is 12.0 Å². The molecule has 0 spiro atoms. The Morgan fingerprint density at radius 2 is 2.25 bits per heavy atom. The van der Waals surface area contributed by atoms with Gasteiger partial charge in [-0.15, -0.1) is 0 Å². The number of carbonyl (C=O) groups is 1. The second-order valence-electron chi connectivity index (χ2n) is 4.44. The normalized spacial score (nSPS) is 19.9. The van der Waals surface area contributed by atoms with Crippen LogP contribution in [-0.2, 0) is 4.79 Å². The predicted molar refractivity (Wildman–Crippen MR) is 62.6 cm³/mol. The third kappa shape index (κ3) is 2.54. The average molecular weight is 219 g/mol. The summed E-state index contributed by atoms with van der Waals surface area (Å²) in [6.07, 6.45) is 0.768. The van der Waals surface area contributed by atoms with Crippen LogP contribution in [0.3, 0.4) is 0 Å². The second-order valence-corrected chi connectivity index (χ2v) is 4.44. The Hall–Kier alpha value is -1.51. The number of carbonyl (C=O) groups excluding carboxylic acids is 1. The first kappa shape index (κ1) is 11.0. The van der Waals surface area contributed by atoms with E-state index in [0.717, 1.165) is 12.3 Å². The highest BCUT2D eigenvalue weighted by Crippen LogP contribution is 2.26. The molecule has 1 heterocycles. The molecule has 0 saturated carbocycles. The maximum absolute atomic E-state index is 11.1. The number of rotatable bonds is 3. The van der Waals surface area contributed by atoms with Crippen LogP contribution in [0.4, 0.5) is 0 Å². The van der Waals surface area contributed by atoms with Gasteiger partial charge in [0.1, 0.15) is 5.75 Å². The van der Waals surface area contributed by atoms with Crippen molar-refractivity contribution in [1.29, 1.82) is 0 Å². The Labute approximate surface area is 95.8 Å². The van der Waals surface area contributed by atoms with Gasteiger partial charge in [-0.3, -0.25) is 4.79 Å². The molecule has 2 rings (SSSR count). The van der Waals surface area contributed by atoms with Gasteiger partial charge in [0, 0.05) is 18.9 Å². The van der Waals surface area contributed by atoms with Crippen molar-refractivity contribution in [3.63, 3.8) is 0 Å². The van der Waals surface area contributed by atoms with Crippen molar-refractivity contribution in [2.45, 2.75) is 32.3 Å². The zero-order valence-corrected chi connectivity index (χ0v) is 9.69. The number of hydrogen-bond acceptors (Lipinski definition) is 2. The van der Waals surface area contributed by atoms with Crippen molar-refractivity contribution < 1.29 is 9.53 Å². The minimum absolute atomic E-state index is 0.139. The number of ether oxygens (including phenoxy) is 1. The highest BCUT2D eigenvalue weighted by atomic mass is 16.5. The number of nitrogens with one attached hydrogen (secondary N) is 1. The van der Waals surface area contributed by atoms with Crippen LogP contribution in [0.15, 0.2) is 24.3 Å². The van der Waals surface area contributed by atoms with Crippen molar-refractivity contribution in [3.05, 3.63) is 29.8 Å². The number of hydrogen-bond donors (Lipinski definition) is 1. The molecule has 0 radical (unpaired) electrons. The van der Waals surface area contributed by atoms with E-state index in [2.05, 4.69) is 11.4 Å². The van der Waals surface area contributed by atoms with Gasteiger partial charge in [0.15, 0.2) is 0 Å². The summed E-state index contributed by atoms with van der Waals surface area (Å²) >= 11 is 0. The van der Waals surface area contributed by atoms with Gasteiger partial charge in [-0.2, -0.15) is 0 Å². The van der Waals surface area contributed by atoms with Crippen molar-refractivity contribution in [2.75, 3.05) is 6.54 Å². The van der Waals surface area contributed by atoms with E-state index in [9.17, 15) is 4.79 Å². The number of amides is 1. The Kier molecular flexibility index (Phi) is 3.13. The summed E-state index contributed by atoms with van der Waals surface area (Å²) in [6.45, 7) is 4.75. The average Bonchev–Trinajstić information content (AvgIpc) is 2.64. The molecule has 16 heavy (non-hydrogen) atoms. The van der Waals surface area contributed by atoms with Gasteiger partial charge in [-0.05, 0) is 31.5 Å². The molecule has 1 fully saturated rings. The fourth-order valence-electron chi connectivity index (χ4n) is 1.95. The second kappa shape index (κ2) is 4.56. The summed E-state index contributed by atoms with van der Waals surface area (Å²) in [5.74, 6) is 1.32. The molecule has 3 heteroatoms. The lowest BCUT2D eigenvalue weighted by molar-refractivity contribution is -0.119. The molecule has 0 aliphatic carbocycles. The van der Waals surface area contributed by atoms with Crippen molar-refractivity contribution in [2.24, 2.45) is 0 Å². The largest absolute Gasteiger partial charge is 0.491 e. The minimum Gasteiger partial charge on any atom is -0.491 e. The molecule has 1 aromatic rings. The van der Waals surface area contributed by atoms with E-state index in [1.165, 1.54) is 5.56 Å². The zero-order valence-electron chi connectivity index (χ0n) is 9.69. The first-order chi connectivity index (χ1) is 7.65. The highest BCUT2D eigenvalue weighted by molar-refractivity contribution is 5.79. The van der Waals surface area contributed by atoms with E-state index >= 15 is 0 Å². The van der Waals surface area contributed by atoms with Crippen LogP contribution < -0.4 is 10.1 Å². The molecule has 0 aromatic heterocycles. The fraction of sp³-hybridized carbons (Fsp3) is 0.462. The summed E-state index contributed by atoms with van der Waals surface area (Å²) in [4.78, 5) is 11.1. The molecular formula is C13H17NO2. The van der Waals surface area contributed by atoms with Crippen molar-refractivity contribution >= 4 is 5.91 Å². The quantitative estimate of drug-likeness (QED) is 0.845. The van der Waals surface area contributed by atoms with Crippen molar-refractivity contribution in [1.82, 2.24) is 5.32 Å². The topological polar surface area (TPSA) is 38.3 Å². The molecule has 3 nitrogen and oxygen atoms in total. The monoisotopic (exact) mass is 219 g/mol. The summed E-state index contributed by atoms with van der Waals surface area (Å²) in [6, 6.07) is 8.02. The first-order valence-electron chi connectivity index (χ1n) is 5.68. The third-order valence-corrected chi connectivity index (χ3v) is 2.68. The Bertz CT molecular complexity index is 387. The zero-order chi connectivity index (χ0) is 11.5. The van der Waals surface area contributed by atoms with Crippen molar-refractivity contribution in [3.8, 4) is 5.75 Å². The molecule has 1 saturated heterocycles. The van der Waals surface area contributed by atoms with Crippen LogP contribution in [0, 0.1) is 0 Å². The molecule has 1 aromatic carbocycles. The molecule has 1 amide bonds. The molecule has 1 N–H and O–H groups in total. The highest BCUT2D eigenvalue weighted by Gasteiger charge is 2.23. The third-order valence-electron chi connectivity index (χ3n) is 2.68. The van der Waals surface area contributed by atoms with Gasteiger partial charge in [0.25, 0.3) is 0 Å². The molecular weight excluding hydrogens is 202 g/mol. The Morgan fingerprint density at radius 1 is 1.44 bits per heavy atom. The summed E-state index contributed by atoms with van der Waals surface area (Å²) in [5.41, 5.74) is 1.18. The lowest BCUT2D eigenvalue weighted by Gasteiger charge is -2.13. The van der Waals surface area contributed by atoms with E-state index in [0.29, 0.717) is 12.3 Å². The van der Waals surface area contributed by atoms with Crippen LogP contribution in [0.1, 0.15) is 31.7 Å². The number of benzene rings is 1. The lowest BCUT2D eigenvalue weighted by Crippen LogP contribution is -2.13. The van der Waals surface area contributed by atoms with Gasteiger partial charge < -0.3 is 10.1 Å². The molecule has 86 valence electrons. The first-order valence-corrected chi connectivity index (χ1v) is 5.68. The standard InChI is InChI=1S/C13H17NO2/c1-9(2)16-12-5-3-4-10(6-12)11-7-13(15)14-8-11/h3-6,9,11H,7-8H2,1-2H3,(H,14,15). The van der Waals surface area contributed by atoms with Crippen LogP contribution in [0.25, 0.3) is 0 Å². The molecule has 1 unspecified atom stereocenters. The van der Waals surface area contributed by atoms with Crippen LogP contribution >= 0.6 is 0 Å². The van der Waals surface area contributed by atoms with E-state index in [4.69, 9.17) is 4.74 Å². The summed E-state index contributed by atoms with van der Waals surface area (Å²) in [7, 11) is 0. The van der Waals surface area contributed by atoms with Crippen LogP contribution in [0.5, 0.6) is 5.75 Å².